The number of carbonyl (C=O) groups excluding carboxylic acids is 1. The first-order chi connectivity index (χ1) is 18.3. The molecule has 224 valence electrons. The lowest BCUT2D eigenvalue weighted by molar-refractivity contribution is -0.231. The Balaban J connectivity index is 1.55. The van der Waals surface area contributed by atoms with Crippen LogP contribution in [0.1, 0.15) is 106 Å². The minimum atomic E-state index is -4.25. The molecule has 5 aliphatic rings. The van der Waals surface area contributed by atoms with Crippen molar-refractivity contribution in [1.82, 2.24) is 5.32 Å². The molecule has 0 aromatic rings. The van der Waals surface area contributed by atoms with E-state index in [0.29, 0.717) is 25.0 Å². The number of halogens is 3. The summed E-state index contributed by atoms with van der Waals surface area (Å²) in [7, 11) is 0. The standard InChI is InChI=1S/C33H49F3N2O2/c1-27(2)10-12-32(18-38-19-33(34,35)36)13-11-31(7)25(21(32)16-27)22(39)14-24-29(5)15-20(17-37)26(40)28(3,4)23(29)8-9-30(24,31)6/h21,23-25,38,40H,8-16,18-19H2,1-7H3/t21?,23-,24+,25?,29-,30+,31+,32+/m0/s1. The molecule has 0 aromatic heterocycles. The van der Waals surface area contributed by atoms with Gasteiger partial charge in [0.2, 0.25) is 0 Å². The van der Waals surface area contributed by atoms with Gasteiger partial charge < -0.3 is 10.4 Å². The molecule has 40 heavy (non-hydrogen) atoms. The van der Waals surface area contributed by atoms with Crippen molar-refractivity contribution < 1.29 is 23.1 Å². The van der Waals surface area contributed by atoms with Gasteiger partial charge in [-0.3, -0.25) is 4.79 Å². The number of aliphatic hydroxyl groups excluding tert-OH is 1. The lowest BCUT2D eigenvalue weighted by atomic mass is 9.31. The van der Waals surface area contributed by atoms with Crippen LogP contribution in [-0.2, 0) is 4.79 Å². The Kier molecular flexibility index (Phi) is 6.72. The lowest BCUT2D eigenvalue weighted by Crippen LogP contribution is -2.69. The molecule has 0 bridgehead atoms. The predicted octanol–water partition coefficient (Wildman–Crippen LogP) is 8.14. The molecule has 0 spiro atoms. The zero-order valence-electron chi connectivity index (χ0n) is 25.5. The van der Waals surface area contributed by atoms with Gasteiger partial charge in [-0.05, 0) is 96.2 Å². The Morgan fingerprint density at radius 1 is 0.975 bits per heavy atom. The van der Waals surface area contributed by atoms with Crippen LogP contribution in [0.15, 0.2) is 11.3 Å². The molecule has 4 saturated carbocycles. The van der Waals surface area contributed by atoms with Crippen LogP contribution in [0.25, 0.3) is 0 Å². The molecule has 8 atom stereocenters. The average Bonchev–Trinajstić information content (AvgIpc) is 2.82. The van der Waals surface area contributed by atoms with Crippen molar-refractivity contribution in [1.29, 1.82) is 5.26 Å². The Morgan fingerprint density at radius 2 is 1.62 bits per heavy atom. The van der Waals surface area contributed by atoms with Gasteiger partial charge in [0.15, 0.2) is 0 Å². The van der Waals surface area contributed by atoms with Crippen LogP contribution < -0.4 is 5.32 Å². The first-order valence-electron chi connectivity index (χ1n) is 15.4. The van der Waals surface area contributed by atoms with E-state index in [-0.39, 0.29) is 62.3 Å². The first kappa shape index (κ1) is 29.9. The molecule has 7 heteroatoms. The first-order valence-corrected chi connectivity index (χ1v) is 15.4. The van der Waals surface area contributed by atoms with Gasteiger partial charge in [0.25, 0.3) is 0 Å². The zero-order chi connectivity index (χ0) is 29.7. The molecule has 0 saturated heterocycles. The highest BCUT2D eigenvalue weighted by Crippen LogP contribution is 2.76. The van der Waals surface area contributed by atoms with Crippen LogP contribution in [0.3, 0.4) is 0 Å². The van der Waals surface area contributed by atoms with Gasteiger partial charge in [0.05, 0.1) is 18.2 Å². The van der Waals surface area contributed by atoms with Gasteiger partial charge in [0.1, 0.15) is 11.5 Å². The minimum absolute atomic E-state index is 0.0511. The molecule has 0 aromatic carbocycles. The van der Waals surface area contributed by atoms with Crippen molar-refractivity contribution in [3.63, 3.8) is 0 Å². The maximum absolute atomic E-state index is 14.5. The van der Waals surface area contributed by atoms with Gasteiger partial charge in [-0.1, -0.05) is 48.5 Å². The largest absolute Gasteiger partial charge is 0.511 e. The van der Waals surface area contributed by atoms with E-state index in [4.69, 9.17) is 0 Å². The summed E-state index contributed by atoms with van der Waals surface area (Å²) < 4.78 is 39.4. The molecule has 5 aliphatic carbocycles. The van der Waals surface area contributed by atoms with E-state index in [2.05, 4.69) is 46.0 Å². The summed E-state index contributed by atoms with van der Waals surface area (Å²) in [6.07, 6.45) is 3.00. The van der Waals surface area contributed by atoms with Gasteiger partial charge in [0, 0.05) is 24.3 Å². The second-order valence-corrected chi connectivity index (χ2v) is 16.5. The molecule has 2 unspecified atom stereocenters. The Morgan fingerprint density at radius 3 is 2.25 bits per heavy atom. The van der Waals surface area contributed by atoms with Gasteiger partial charge in [-0.25, -0.2) is 0 Å². The maximum atomic E-state index is 14.5. The number of allylic oxidation sites excluding steroid dienone is 2. The van der Waals surface area contributed by atoms with Crippen LogP contribution in [0.2, 0.25) is 0 Å². The maximum Gasteiger partial charge on any atom is 0.401 e. The number of ketones is 1. The quantitative estimate of drug-likeness (QED) is 0.364. The molecule has 0 heterocycles. The number of hydrogen-bond donors (Lipinski definition) is 2. The van der Waals surface area contributed by atoms with Gasteiger partial charge >= 0.3 is 6.18 Å². The number of fused-ring (bicyclic) bond motifs is 7. The second-order valence-electron chi connectivity index (χ2n) is 16.5. The topological polar surface area (TPSA) is 73.1 Å². The summed E-state index contributed by atoms with van der Waals surface area (Å²) in [5, 5.41) is 23.8. The van der Waals surface area contributed by atoms with E-state index >= 15 is 0 Å². The van der Waals surface area contributed by atoms with Crippen molar-refractivity contribution in [2.24, 2.45) is 56.2 Å². The number of Topliss-reactive ketones (excluding diaryl/α,β-unsaturated/α-hetero) is 1. The third-order valence-electron chi connectivity index (χ3n) is 13.7. The molecular formula is C33H49F3N2O2. The summed E-state index contributed by atoms with van der Waals surface area (Å²) in [6, 6.07) is 2.29. The van der Waals surface area contributed by atoms with Crippen LogP contribution >= 0.6 is 0 Å². The Hall–Kier alpha value is -1.55. The van der Waals surface area contributed by atoms with Crippen molar-refractivity contribution in [3.8, 4) is 6.07 Å². The number of carbonyl (C=O) groups is 1. The van der Waals surface area contributed by atoms with E-state index < -0.39 is 18.1 Å². The van der Waals surface area contributed by atoms with E-state index in [0.717, 1.165) is 44.9 Å². The smallest absolute Gasteiger partial charge is 0.401 e. The summed E-state index contributed by atoms with van der Waals surface area (Å²) in [5.41, 5.74) is -0.984. The average molecular weight is 563 g/mol. The predicted molar refractivity (Wildman–Crippen MR) is 149 cm³/mol. The third-order valence-corrected chi connectivity index (χ3v) is 13.7. The number of nitrogens with zero attached hydrogens (tertiary/aromatic N) is 1. The van der Waals surface area contributed by atoms with Gasteiger partial charge in [-0.2, -0.15) is 18.4 Å². The van der Waals surface area contributed by atoms with Crippen molar-refractivity contribution >= 4 is 5.78 Å². The minimum Gasteiger partial charge on any atom is -0.511 e. The van der Waals surface area contributed by atoms with E-state index in [1.54, 1.807) is 0 Å². The molecule has 0 aliphatic heterocycles. The fraction of sp³-hybridized carbons (Fsp3) is 0.879. The molecule has 5 rings (SSSR count). The monoisotopic (exact) mass is 562 g/mol. The van der Waals surface area contributed by atoms with Crippen LogP contribution in [0.5, 0.6) is 0 Å². The number of nitriles is 1. The summed E-state index contributed by atoms with van der Waals surface area (Å²) in [4.78, 5) is 14.5. The highest BCUT2D eigenvalue weighted by molar-refractivity contribution is 5.84. The van der Waals surface area contributed by atoms with E-state index in [1.807, 2.05) is 13.8 Å². The molecule has 4 nitrogen and oxygen atoms in total. The Labute approximate surface area is 238 Å². The van der Waals surface area contributed by atoms with Gasteiger partial charge in [-0.15, -0.1) is 0 Å². The highest BCUT2D eigenvalue weighted by Gasteiger charge is 2.72. The summed E-state index contributed by atoms with van der Waals surface area (Å²) in [5.74, 6) is 0.663. The van der Waals surface area contributed by atoms with Crippen LogP contribution in [-0.4, -0.2) is 30.2 Å². The highest BCUT2D eigenvalue weighted by atomic mass is 19.4. The summed E-state index contributed by atoms with van der Waals surface area (Å²) >= 11 is 0. The van der Waals surface area contributed by atoms with E-state index in [9.17, 15) is 28.3 Å². The molecular weight excluding hydrogens is 513 g/mol. The molecule has 0 amide bonds. The summed E-state index contributed by atoms with van der Waals surface area (Å²) in [6.45, 7) is 14.9. The number of hydrogen-bond acceptors (Lipinski definition) is 4. The number of aliphatic hydroxyl groups is 1. The molecule has 0 radical (unpaired) electrons. The third kappa shape index (κ3) is 4.12. The zero-order valence-corrected chi connectivity index (χ0v) is 25.5. The van der Waals surface area contributed by atoms with Crippen LogP contribution in [0, 0.1) is 67.5 Å². The molecule has 2 N–H and O–H groups in total. The lowest BCUT2D eigenvalue weighted by Gasteiger charge is -2.72. The Bertz CT molecular complexity index is 1150. The number of nitrogens with one attached hydrogen (secondary N) is 1. The number of rotatable bonds is 3. The van der Waals surface area contributed by atoms with Crippen molar-refractivity contribution in [2.75, 3.05) is 13.1 Å². The fourth-order valence-electron chi connectivity index (χ4n) is 11.5. The van der Waals surface area contributed by atoms with Crippen molar-refractivity contribution in [3.05, 3.63) is 11.3 Å². The molecule has 4 fully saturated rings. The van der Waals surface area contributed by atoms with Crippen molar-refractivity contribution in [2.45, 2.75) is 112 Å². The van der Waals surface area contributed by atoms with Crippen LogP contribution in [0.4, 0.5) is 13.2 Å². The van der Waals surface area contributed by atoms with E-state index in [1.165, 1.54) is 0 Å². The SMILES string of the molecule is CC1(C)CC[C@]2(CNCC(F)(F)F)CC[C@]3(C)C(C(=O)C[C@@H]4[C@@]5(C)CC(C#N)=C(O)C(C)(C)[C@@H]5CC[C@]43C)C2C1. The number of alkyl halides is 3. The fourth-order valence-corrected chi connectivity index (χ4v) is 11.5. The normalized spacial score (nSPS) is 46.0. The second kappa shape index (κ2) is 8.98.